The monoisotopic (exact) mass is 266 g/mol. The van der Waals surface area contributed by atoms with Crippen LogP contribution in [0.25, 0.3) is 0 Å². The summed E-state index contributed by atoms with van der Waals surface area (Å²) in [4.78, 5) is 7.20. The fraction of sp³-hybridized carbons (Fsp3) is 0.786. The van der Waals surface area contributed by atoms with Crippen molar-refractivity contribution in [1.29, 1.82) is 0 Å². The third-order valence-corrected chi connectivity index (χ3v) is 5.30. The predicted molar refractivity (Wildman–Crippen MR) is 73.8 cm³/mol. The van der Waals surface area contributed by atoms with Gasteiger partial charge in [-0.05, 0) is 32.6 Å². The van der Waals surface area contributed by atoms with Gasteiger partial charge in [-0.1, -0.05) is 6.42 Å². The summed E-state index contributed by atoms with van der Waals surface area (Å²) in [5.74, 6) is 0.760. The van der Waals surface area contributed by atoms with Crippen LogP contribution in [0, 0.1) is 0 Å². The van der Waals surface area contributed by atoms with E-state index in [0.29, 0.717) is 12.1 Å². The van der Waals surface area contributed by atoms with Crippen molar-refractivity contribution in [2.75, 3.05) is 6.61 Å². The van der Waals surface area contributed by atoms with Crippen LogP contribution >= 0.6 is 11.3 Å². The van der Waals surface area contributed by atoms with Crippen LogP contribution in [-0.2, 0) is 6.54 Å². The average molecular weight is 266 g/mol. The van der Waals surface area contributed by atoms with Crippen molar-refractivity contribution in [2.45, 2.75) is 63.6 Å². The molecule has 2 atom stereocenters. The van der Waals surface area contributed by atoms with Crippen molar-refractivity contribution in [2.24, 2.45) is 0 Å². The Morgan fingerprint density at radius 2 is 2.22 bits per heavy atom. The van der Waals surface area contributed by atoms with Crippen molar-refractivity contribution in [3.05, 3.63) is 16.1 Å². The molecule has 2 aliphatic rings. The smallest absolute Gasteiger partial charge is 0.0959 e. The summed E-state index contributed by atoms with van der Waals surface area (Å²) in [6.07, 6.45) is 6.27. The average Bonchev–Trinajstić information content (AvgIpc) is 3.12. The molecule has 0 spiro atoms. The minimum atomic E-state index is 0.282. The quantitative estimate of drug-likeness (QED) is 0.910. The molecule has 1 saturated carbocycles. The molecular formula is C14H22N2OS. The highest BCUT2D eigenvalue weighted by Crippen LogP contribution is 2.41. The molecule has 0 aromatic carbocycles. The number of piperidine rings is 1. The van der Waals surface area contributed by atoms with E-state index in [4.69, 9.17) is 4.98 Å². The van der Waals surface area contributed by atoms with Gasteiger partial charge in [0.1, 0.15) is 0 Å². The summed E-state index contributed by atoms with van der Waals surface area (Å²) >= 11 is 1.82. The van der Waals surface area contributed by atoms with E-state index in [0.717, 1.165) is 18.9 Å². The number of aromatic nitrogens is 1. The van der Waals surface area contributed by atoms with Crippen LogP contribution in [0.1, 0.15) is 55.6 Å². The lowest BCUT2D eigenvalue weighted by atomic mass is 9.97. The van der Waals surface area contributed by atoms with Crippen LogP contribution < -0.4 is 0 Å². The Labute approximate surface area is 113 Å². The van der Waals surface area contributed by atoms with Gasteiger partial charge in [0, 0.05) is 29.9 Å². The minimum absolute atomic E-state index is 0.282. The van der Waals surface area contributed by atoms with Gasteiger partial charge in [-0.2, -0.15) is 0 Å². The van der Waals surface area contributed by atoms with Crippen LogP contribution in [0.3, 0.4) is 0 Å². The second-order valence-electron chi connectivity index (χ2n) is 5.74. The molecule has 1 aromatic heterocycles. The molecule has 0 radical (unpaired) electrons. The maximum Gasteiger partial charge on any atom is 0.0959 e. The summed E-state index contributed by atoms with van der Waals surface area (Å²) in [6.45, 7) is 3.47. The summed E-state index contributed by atoms with van der Waals surface area (Å²) in [5, 5.41) is 13.0. The Hall–Kier alpha value is -0.450. The maximum atomic E-state index is 9.50. The molecule has 3 nitrogen and oxygen atoms in total. The molecule has 2 heterocycles. The lowest BCUT2D eigenvalue weighted by Crippen LogP contribution is -2.46. The van der Waals surface area contributed by atoms with Gasteiger partial charge in [-0.3, -0.25) is 4.90 Å². The molecule has 1 aliphatic carbocycles. The molecule has 1 saturated heterocycles. The van der Waals surface area contributed by atoms with Crippen LogP contribution in [0.4, 0.5) is 0 Å². The fourth-order valence-electron chi connectivity index (χ4n) is 2.92. The second-order valence-corrected chi connectivity index (χ2v) is 6.63. The highest BCUT2D eigenvalue weighted by Gasteiger charge is 2.29. The van der Waals surface area contributed by atoms with Gasteiger partial charge in [-0.15, -0.1) is 11.3 Å². The van der Waals surface area contributed by atoms with Gasteiger partial charge < -0.3 is 5.11 Å². The van der Waals surface area contributed by atoms with E-state index in [2.05, 4.69) is 17.2 Å². The molecule has 1 aliphatic heterocycles. The molecule has 0 bridgehead atoms. The first kappa shape index (κ1) is 12.6. The molecule has 100 valence electrons. The van der Waals surface area contributed by atoms with Gasteiger partial charge in [-0.25, -0.2) is 4.98 Å². The van der Waals surface area contributed by atoms with Gasteiger partial charge in [0.2, 0.25) is 0 Å². The first-order chi connectivity index (χ1) is 8.78. The highest BCUT2D eigenvalue weighted by atomic mass is 32.1. The van der Waals surface area contributed by atoms with Crippen LogP contribution in [0.5, 0.6) is 0 Å². The van der Waals surface area contributed by atoms with E-state index < -0.39 is 0 Å². The first-order valence-electron chi connectivity index (χ1n) is 7.09. The zero-order valence-electron chi connectivity index (χ0n) is 11.0. The van der Waals surface area contributed by atoms with Crippen molar-refractivity contribution in [3.63, 3.8) is 0 Å². The van der Waals surface area contributed by atoms with E-state index in [1.165, 1.54) is 36.4 Å². The van der Waals surface area contributed by atoms with Gasteiger partial charge >= 0.3 is 0 Å². The van der Waals surface area contributed by atoms with Crippen LogP contribution in [0.2, 0.25) is 0 Å². The maximum absolute atomic E-state index is 9.50. The number of thiazole rings is 1. The highest BCUT2D eigenvalue weighted by molar-refractivity contribution is 7.09. The molecule has 3 rings (SSSR count). The molecule has 2 fully saturated rings. The number of aliphatic hydroxyl groups excluding tert-OH is 1. The fourth-order valence-corrected chi connectivity index (χ4v) is 3.90. The second kappa shape index (κ2) is 5.27. The molecule has 4 heteroatoms. The predicted octanol–water partition coefficient (Wildman–Crippen LogP) is 2.76. The minimum Gasteiger partial charge on any atom is -0.395 e. The lowest BCUT2D eigenvalue weighted by molar-refractivity contribution is 0.0443. The van der Waals surface area contributed by atoms with Crippen LogP contribution in [-0.4, -0.2) is 33.7 Å². The number of likely N-dealkylation sites (tertiary alicyclic amines) is 1. The lowest BCUT2D eigenvalue weighted by Gasteiger charge is -2.39. The van der Waals surface area contributed by atoms with Crippen molar-refractivity contribution >= 4 is 11.3 Å². The van der Waals surface area contributed by atoms with Crippen molar-refractivity contribution in [3.8, 4) is 0 Å². The number of aliphatic hydroxyl groups is 1. The number of rotatable bonds is 4. The van der Waals surface area contributed by atoms with Gasteiger partial charge in [0.05, 0.1) is 17.3 Å². The zero-order valence-corrected chi connectivity index (χ0v) is 11.8. The standard InChI is InChI=1S/C14H22N2OS/c1-10-3-2-4-13(8-17)16(10)7-12-9-18-14(15-12)11-5-6-11/h9-11,13,17H,2-8H2,1H3. The third-order valence-electron chi connectivity index (χ3n) is 4.25. The third kappa shape index (κ3) is 2.60. The summed E-state index contributed by atoms with van der Waals surface area (Å²) in [5.41, 5.74) is 1.20. The van der Waals surface area contributed by atoms with E-state index in [1.54, 1.807) is 0 Å². The number of nitrogens with zero attached hydrogens (tertiary/aromatic N) is 2. The number of hydrogen-bond donors (Lipinski definition) is 1. The Morgan fingerprint density at radius 1 is 1.39 bits per heavy atom. The van der Waals surface area contributed by atoms with E-state index in [-0.39, 0.29) is 6.61 Å². The molecular weight excluding hydrogens is 244 g/mol. The molecule has 1 aromatic rings. The van der Waals surface area contributed by atoms with Crippen molar-refractivity contribution < 1.29 is 5.11 Å². The van der Waals surface area contributed by atoms with E-state index >= 15 is 0 Å². The summed E-state index contributed by atoms with van der Waals surface area (Å²) in [7, 11) is 0. The van der Waals surface area contributed by atoms with E-state index in [1.807, 2.05) is 11.3 Å². The van der Waals surface area contributed by atoms with Crippen LogP contribution in [0.15, 0.2) is 5.38 Å². The molecule has 2 unspecified atom stereocenters. The van der Waals surface area contributed by atoms with Crippen molar-refractivity contribution in [1.82, 2.24) is 9.88 Å². The summed E-state index contributed by atoms with van der Waals surface area (Å²) in [6, 6.07) is 0.904. The van der Waals surface area contributed by atoms with E-state index in [9.17, 15) is 5.11 Å². The largest absolute Gasteiger partial charge is 0.395 e. The Bertz CT molecular complexity index is 402. The molecule has 0 amide bonds. The first-order valence-corrected chi connectivity index (χ1v) is 7.97. The molecule has 1 N–H and O–H groups in total. The Balaban J connectivity index is 1.68. The SMILES string of the molecule is CC1CCCC(CO)N1Cc1csc(C2CC2)n1. The Morgan fingerprint density at radius 3 is 2.94 bits per heavy atom. The Kier molecular flexibility index (Phi) is 3.68. The van der Waals surface area contributed by atoms with Gasteiger partial charge in [0.15, 0.2) is 0 Å². The topological polar surface area (TPSA) is 36.4 Å². The van der Waals surface area contributed by atoms with Gasteiger partial charge in [0.25, 0.3) is 0 Å². The molecule has 18 heavy (non-hydrogen) atoms. The number of hydrogen-bond acceptors (Lipinski definition) is 4. The zero-order chi connectivity index (χ0) is 12.5. The normalized spacial score (nSPS) is 29.7. The summed E-state index contributed by atoms with van der Waals surface area (Å²) < 4.78 is 0.